The van der Waals surface area contributed by atoms with Gasteiger partial charge < -0.3 is 9.47 Å². The number of nitrogens with zero attached hydrogens (tertiary/aromatic N) is 2. The predicted octanol–water partition coefficient (Wildman–Crippen LogP) is 6.28. The zero-order chi connectivity index (χ0) is 22.5. The minimum atomic E-state index is 0.214. The number of rotatable bonds is 7. The van der Waals surface area contributed by atoms with Gasteiger partial charge in [-0.15, -0.1) is 0 Å². The number of nitriles is 1. The highest BCUT2D eigenvalue weighted by atomic mass is 16.5. The fraction of sp³-hybridized carbons (Fsp3) is 0.138. The molecule has 162 valence electrons. The molecule has 1 heterocycles. The molecule has 1 fully saturated rings. The smallest absolute Gasteiger partial charge is 0.127 e. The third-order valence-corrected chi connectivity index (χ3v) is 5.74. The van der Waals surface area contributed by atoms with Crippen LogP contribution in [-0.2, 0) is 6.54 Å². The van der Waals surface area contributed by atoms with E-state index in [1.54, 1.807) is 0 Å². The van der Waals surface area contributed by atoms with Gasteiger partial charge in [-0.1, -0.05) is 54.6 Å². The van der Waals surface area contributed by atoms with Crippen molar-refractivity contribution in [3.63, 3.8) is 0 Å². The molecular formula is C29H24N2O2. The number of hydrogen-bond acceptors (Lipinski definition) is 4. The van der Waals surface area contributed by atoms with Crippen LogP contribution in [0.4, 0.5) is 0 Å². The van der Waals surface area contributed by atoms with Gasteiger partial charge in [-0.05, 0) is 65.2 Å². The highest BCUT2D eigenvalue weighted by molar-refractivity contribution is 5.65. The number of benzene rings is 4. The first-order chi connectivity index (χ1) is 16.2. The Morgan fingerprint density at radius 2 is 1.27 bits per heavy atom. The van der Waals surface area contributed by atoms with Crippen LogP contribution in [0.15, 0.2) is 103 Å². The maximum Gasteiger partial charge on any atom is 0.127 e. The van der Waals surface area contributed by atoms with Gasteiger partial charge in [-0.2, -0.15) is 5.26 Å². The SMILES string of the molecule is N#Cc1ccc(-c2ccc(OC3CN(Cc4ccc(Oc5ccccc5)cc4)C3)cc2)cc1. The molecule has 1 aliphatic heterocycles. The van der Waals surface area contributed by atoms with E-state index >= 15 is 0 Å². The molecule has 4 aromatic rings. The second kappa shape index (κ2) is 9.60. The number of hydrogen-bond donors (Lipinski definition) is 0. The molecule has 4 nitrogen and oxygen atoms in total. The maximum absolute atomic E-state index is 8.94. The van der Waals surface area contributed by atoms with E-state index < -0.39 is 0 Å². The van der Waals surface area contributed by atoms with Crippen LogP contribution in [0.1, 0.15) is 11.1 Å². The summed E-state index contributed by atoms with van der Waals surface area (Å²) in [7, 11) is 0. The van der Waals surface area contributed by atoms with Crippen molar-refractivity contribution in [1.29, 1.82) is 5.26 Å². The van der Waals surface area contributed by atoms with E-state index in [-0.39, 0.29) is 6.10 Å². The quantitative estimate of drug-likeness (QED) is 0.345. The largest absolute Gasteiger partial charge is 0.488 e. The van der Waals surface area contributed by atoms with E-state index in [1.807, 2.05) is 78.9 Å². The van der Waals surface area contributed by atoms with E-state index in [9.17, 15) is 0 Å². The monoisotopic (exact) mass is 432 g/mol. The molecule has 5 rings (SSSR count). The van der Waals surface area contributed by atoms with Crippen molar-refractivity contribution in [2.24, 2.45) is 0 Å². The molecule has 0 aromatic heterocycles. The average Bonchev–Trinajstić information content (AvgIpc) is 2.85. The molecule has 0 spiro atoms. The van der Waals surface area contributed by atoms with Crippen molar-refractivity contribution in [3.8, 4) is 34.4 Å². The zero-order valence-corrected chi connectivity index (χ0v) is 18.2. The van der Waals surface area contributed by atoms with Gasteiger partial charge in [0.25, 0.3) is 0 Å². The van der Waals surface area contributed by atoms with Crippen LogP contribution in [0, 0.1) is 11.3 Å². The summed E-state index contributed by atoms with van der Waals surface area (Å²) in [5.41, 5.74) is 4.14. The third kappa shape index (κ3) is 5.23. The van der Waals surface area contributed by atoms with Crippen molar-refractivity contribution < 1.29 is 9.47 Å². The van der Waals surface area contributed by atoms with Crippen molar-refractivity contribution in [2.75, 3.05) is 13.1 Å². The van der Waals surface area contributed by atoms with Crippen LogP contribution >= 0.6 is 0 Å². The lowest BCUT2D eigenvalue weighted by Gasteiger charge is -2.39. The van der Waals surface area contributed by atoms with Crippen LogP contribution in [0.25, 0.3) is 11.1 Å². The minimum Gasteiger partial charge on any atom is -0.488 e. The maximum atomic E-state index is 8.94. The summed E-state index contributed by atoms with van der Waals surface area (Å²) < 4.78 is 12.0. The first-order valence-corrected chi connectivity index (χ1v) is 11.1. The Labute approximate surface area is 194 Å². The number of ether oxygens (including phenoxy) is 2. The predicted molar refractivity (Wildman–Crippen MR) is 129 cm³/mol. The molecule has 0 atom stereocenters. The van der Waals surface area contributed by atoms with Crippen LogP contribution in [-0.4, -0.2) is 24.1 Å². The molecule has 4 aromatic carbocycles. The van der Waals surface area contributed by atoms with Gasteiger partial charge in [0.1, 0.15) is 23.4 Å². The summed E-state index contributed by atoms with van der Waals surface area (Å²) in [6, 6.07) is 36.0. The molecule has 0 amide bonds. The van der Waals surface area contributed by atoms with Crippen molar-refractivity contribution in [3.05, 3.63) is 114 Å². The van der Waals surface area contributed by atoms with Gasteiger partial charge >= 0.3 is 0 Å². The minimum absolute atomic E-state index is 0.214. The Bertz CT molecular complexity index is 1220. The topological polar surface area (TPSA) is 45.5 Å². The Balaban J connectivity index is 1.09. The lowest BCUT2D eigenvalue weighted by atomic mass is 10.0. The van der Waals surface area contributed by atoms with Crippen molar-refractivity contribution >= 4 is 0 Å². The summed E-state index contributed by atoms with van der Waals surface area (Å²) in [6.45, 7) is 2.74. The Morgan fingerprint density at radius 1 is 0.697 bits per heavy atom. The molecule has 1 aliphatic rings. The molecule has 0 saturated carbocycles. The van der Waals surface area contributed by atoms with E-state index in [2.05, 4.69) is 35.2 Å². The van der Waals surface area contributed by atoms with E-state index in [0.29, 0.717) is 5.56 Å². The standard InChI is InChI=1S/C29H24N2O2/c30-18-22-6-10-24(11-7-22)25-12-16-28(17-13-25)33-29-20-31(21-29)19-23-8-14-27(15-9-23)32-26-4-2-1-3-5-26/h1-17,29H,19-21H2. The molecular weight excluding hydrogens is 408 g/mol. The highest BCUT2D eigenvalue weighted by Crippen LogP contribution is 2.26. The van der Waals surface area contributed by atoms with Gasteiger partial charge in [0.05, 0.1) is 11.6 Å². The van der Waals surface area contributed by atoms with Gasteiger partial charge in [-0.3, -0.25) is 4.90 Å². The number of likely N-dealkylation sites (tertiary alicyclic amines) is 1. The lowest BCUT2D eigenvalue weighted by Crippen LogP contribution is -2.53. The average molecular weight is 433 g/mol. The van der Waals surface area contributed by atoms with Gasteiger partial charge in [0, 0.05) is 19.6 Å². The summed E-state index contributed by atoms with van der Waals surface area (Å²) >= 11 is 0. The summed E-state index contributed by atoms with van der Waals surface area (Å²) in [6.07, 6.45) is 0.214. The Hall–Kier alpha value is -4.07. The summed E-state index contributed by atoms with van der Waals surface area (Å²) in [4.78, 5) is 2.38. The normalized spacial score (nSPS) is 13.7. The molecule has 4 heteroatoms. The lowest BCUT2D eigenvalue weighted by molar-refractivity contribution is 0.0146. The van der Waals surface area contributed by atoms with E-state index in [0.717, 1.165) is 48.0 Å². The third-order valence-electron chi connectivity index (χ3n) is 5.74. The summed E-state index contributed by atoms with van der Waals surface area (Å²) in [5, 5.41) is 8.94. The van der Waals surface area contributed by atoms with Gasteiger partial charge in [0.2, 0.25) is 0 Å². The fourth-order valence-electron chi connectivity index (χ4n) is 3.93. The first kappa shape index (κ1) is 20.8. The Kier molecular flexibility index (Phi) is 6.06. The van der Waals surface area contributed by atoms with E-state index in [4.69, 9.17) is 14.7 Å². The van der Waals surface area contributed by atoms with Crippen LogP contribution in [0.5, 0.6) is 17.2 Å². The van der Waals surface area contributed by atoms with Crippen molar-refractivity contribution in [1.82, 2.24) is 4.90 Å². The van der Waals surface area contributed by atoms with E-state index in [1.165, 1.54) is 5.56 Å². The molecule has 0 unspecified atom stereocenters. The molecule has 33 heavy (non-hydrogen) atoms. The number of para-hydroxylation sites is 1. The van der Waals surface area contributed by atoms with Gasteiger partial charge in [-0.25, -0.2) is 0 Å². The zero-order valence-electron chi connectivity index (χ0n) is 18.2. The second-order valence-electron chi connectivity index (χ2n) is 8.21. The molecule has 0 bridgehead atoms. The first-order valence-electron chi connectivity index (χ1n) is 11.1. The molecule has 0 N–H and O–H groups in total. The van der Waals surface area contributed by atoms with Crippen LogP contribution in [0.3, 0.4) is 0 Å². The van der Waals surface area contributed by atoms with Crippen LogP contribution in [0.2, 0.25) is 0 Å². The summed E-state index contributed by atoms with van der Waals surface area (Å²) in [5.74, 6) is 2.58. The van der Waals surface area contributed by atoms with Crippen molar-refractivity contribution in [2.45, 2.75) is 12.6 Å². The van der Waals surface area contributed by atoms with Gasteiger partial charge in [0.15, 0.2) is 0 Å². The Morgan fingerprint density at radius 3 is 1.91 bits per heavy atom. The molecule has 1 saturated heterocycles. The van der Waals surface area contributed by atoms with Crippen LogP contribution < -0.4 is 9.47 Å². The molecule has 0 aliphatic carbocycles. The second-order valence-corrected chi connectivity index (χ2v) is 8.21. The highest BCUT2D eigenvalue weighted by Gasteiger charge is 2.28. The fourth-order valence-corrected chi connectivity index (χ4v) is 3.93. The molecule has 0 radical (unpaired) electrons.